The summed E-state index contributed by atoms with van der Waals surface area (Å²) in [4.78, 5) is 6.58. The summed E-state index contributed by atoms with van der Waals surface area (Å²) in [6.07, 6.45) is 2.52. The monoisotopic (exact) mass is 272 g/mol. The van der Waals surface area contributed by atoms with Crippen molar-refractivity contribution in [2.45, 2.75) is 32.0 Å². The van der Waals surface area contributed by atoms with Crippen LogP contribution < -0.4 is 5.32 Å². The number of hydrogen-bond acceptors (Lipinski definition) is 5. The van der Waals surface area contributed by atoms with Crippen LogP contribution in [0.15, 0.2) is 41.2 Å². The average molecular weight is 272 g/mol. The van der Waals surface area contributed by atoms with E-state index in [0.29, 0.717) is 12.1 Å². The van der Waals surface area contributed by atoms with Crippen LogP contribution in [-0.4, -0.2) is 34.2 Å². The molecule has 1 aliphatic heterocycles. The molecule has 5 nitrogen and oxygen atoms in total. The fourth-order valence-corrected chi connectivity index (χ4v) is 2.78. The van der Waals surface area contributed by atoms with E-state index >= 15 is 0 Å². The zero-order valence-electron chi connectivity index (χ0n) is 11.7. The number of benzene rings is 1. The predicted molar refractivity (Wildman–Crippen MR) is 76.0 cm³/mol. The molecule has 1 N–H and O–H groups in total. The Hall–Kier alpha value is -1.72. The summed E-state index contributed by atoms with van der Waals surface area (Å²) >= 11 is 0. The molecule has 2 aromatic rings. The molecule has 0 spiro atoms. The van der Waals surface area contributed by atoms with Gasteiger partial charge in [0, 0.05) is 25.2 Å². The quantitative estimate of drug-likeness (QED) is 0.922. The highest BCUT2D eigenvalue weighted by atomic mass is 16.5. The summed E-state index contributed by atoms with van der Waals surface area (Å²) in [5.74, 6) is 0.752. The number of hydrogen-bond donors (Lipinski definition) is 1. The van der Waals surface area contributed by atoms with E-state index in [1.165, 1.54) is 12.0 Å². The standard InChI is InChI=1S/C15H20N4O/c1-2-13-9-19(10-15-17-11-20-18-15)14(8-16-13)12-6-4-3-5-7-12/h3-7,11,13-14,16H,2,8-10H2,1H3. The lowest BCUT2D eigenvalue weighted by Gasteiger charge is -2.40. The van der Waals surface area contributed by atoms with Crippen molar-refractivity contribution in [1.82, 2.24) is 20.4 Å². The lowest BCUT2D eigenvalue weighted by Crippen LogP contribution is -2.51. The van der Waals surface area contributed by atoms with Crippen LogP contribution in [0.5, 0.6) is 0 Å². The lowest BCUT2D eigenvalue weighted by atomic mass is 10.00. The second kappa shape index (κ2) is 6.15. The highest BCUT2D eigenvalue weighted by molar-refractivity contribution is 5.20. The van der Waals surface area contributed by atoms with Gasteiger partial charge in [0.25, 0.3) is 0 Å². The van der Waals surface area contributed by atoms with Gasteiger partial charge in [0.15, 0.2) is 5.82 Å². The molecule has 0 bridgehead atoms. The SMILES string of the molecule is CCC1CN(Cc2ncon2)C(c2ccccc2)CN1. The Morgan fingerprint density at radius 3 is 2.90 bits per heavy atom. The van der Waals surface area contributed by atoms with E-state index in [-0.39, 0.29) is 0 Å². The van der Waals surface area contributed by atoms with Crippen LogP contribution >= 0.6 is 0 Å². The van der Waals surface area contributed by atoms with Crippen molar-refractivity contribution >= 4 is 0 Å². The third-order valence-corrected chi connectivity index (χ3v) is 3.92. The van der Waals surface area contributed by atoms with Gasteiger partial charge in [0.2, 0.25) is 6.39 Å². The predicted octanol–water partition coefficient (Wildman–Crippen LogP) is 1.99. The van der Waals surface area contributed by atoms with E-state index in [2.05, 4.69) is 57.6 Å². The molecule has 5 heteroatoms. The fourth-order valence-electron chi connectivity index (χ4n) is 2.78. The Morgan fingerprint density at radius 2 is 2.20 bits per heavy atom. The van der Waals surface area contributed by atoms with Crippen LogP contribution in [0, 0.1) is 0 Å². The topological polar surface area (TPSA) is 54.2 Å². The van der Waals surface area contributed by atoms with Crippen molar-refractivity contribution in [3.63, 3.8) is 0 Å². The Morgan fingerprint density at radius 1 is 1.35 bits per heavy atom. The van der Waals surface area contributed by atoms with Crippen molar-refractivity contribution in [1.29, 1.82) is 0 Å². The summed E-state index contributed by atoms with van der Waals surface area (Å²) in [6.45, 7) is 4.91. The molecule has 3 rings (SSSR count). The maximum Gasteiger partial charge on any atom is 0.213 e. The van der Waals surface area contributed by atoms with Crippen molar-refractivity contribution in [3.8, 4) is 0 Å². The second-order valence-corrected chi connectivity index (χ2v) is 5.22. The zero-order chi connectivity index (χ0) is 13.8. The van der Waals surface area contributed by atoms with Crippen LogP contribution in [-0.2, 0) is 6.54 Å². The molecular weight excluding hydrogens is 252 g/mol. The first-order valence-electron chi connectivity index (χ1n) is 7.14. The molecule has 1 aliphatic rings. The highest BCUT2D eigenvalue weighted by Crippen LogP contribution is 2.25. The van der Waals surface area contributed by atoms with E-state index in [4.69, 9.17) is 4.52 Å². The Labute approximate surface area is 119 Å². The molecule has 0 radical (unpaired) electrons. The summed E-state index contributed by atoms with van der Waals surface area (Å²) in [7, 11) is 0. The fraction of sp³-hybridized carbons (Fsp3) is 0.467. The molecule has 0 aliphatic carbocycles. The Balaban J connectivity index is 1.79. The molecule has 1 fully saturated rings. The first kappa shape index (κ1) is 13.3. The van der Waals surface area contributed by atoms with Gasteiger partial charge in [0.05, 0.1) is 6.54 Å². The maximum atomic E-state index is 4.85. The zero-order valence-corrected chi connectivity index (χ0v) is 11.7. The summed E-state index contributed by atoms with van der Waals surface area (Å²) in [5, 5.41) is 7.56. The first-order chi connectivity index (χ1) is 9.86. The maximum absolute atomic E-state index is 4.85. The van der Waals surface area contributed by atoms with E-state index in [9.17, 15) is 0 Å². The third-order valence-electron chi connectivity index (χ3n) is 3.92. The molecule has 2 unspecified atom stereocenters. The number of piperazine rings is 1. The van der Waals surface area contributed by atoms with Gasteiger partial charge in [-0.2, -0.15) is 4.98 Å². The summed E-state index contributed by atoms with van der Waals surface area (Å²) in [6, 6.07) is 11.5. The van der Waals surface area contributed by atoms with Crippen molar-refractivity contribution < 1.29 is 4.52 Å². The van der Waals surface area contributed by atoms with Gasteiger partial charge in [-0.3, -0.25) is 4.90 Å². The van der Waals surface area contributed by atoms with E-state index in [0.717, 1.165) is 31.9 Å². The number of aromatic nitrogens is 2. The van der Waals surface area contributed by atoms with Crippen molar-refractivity contribution in [2.75, 3.05) is 13.1 Å². The van der Waals surface area contributed by atoms with E-state index < -0.39 is 0 Å². The normalized spacial score (nSPS) is 23.9. The summed E-state index contributed by atoms with van der Waals surface area (Å²) in [5.41, 5.74) is 1.33. The van der Waals surface area contributed by atoms with Gasteiger partial charge in [0.1, 0.15) is 0 Å². The van der Waals surface area contributed by atoms with Crippen LogP contribution in [0.3, 0.4) is 0 Å². The van der Waals surface area contributed by atoms with Gasteiger partial charge in [-0.1, -0.05) is 42.4 Å². The van der Waals surface area contributed by atoms with Gasteiger partial charge in [-0.05, 0) is 12.0 Å². The summed E-state index contributed by atoms with van der Waals surface area (Å²) < 4.78 is 4.85. The highest BCUT2D eigenvalue weighted by Gasteiger charge is 2.28. The minimum absolute atomic E-state index is 0.359. The minimum atomic E-state index is 0.359. The molecule has 106 valence electrons. The number of rotatable bonds is 4. The molecule has 2 heterocycles. The van der Waals surface area contributed by atoms with Gasteiger partial charge < -0.3 is 9.84 Å². The van der Waals surface area contributed by atoms with Crippen LogP contribution in [0.25, 0.3) is 0 Å². The van der Waals surface area contributed by atoms with Crippen LogP contribution in [0.4, 0.5) is 0 Å². The minimum Gasteiger partial charge on any atom is -0.343 e. The lowest BCUT2D eigenvalue weighted by molar-refractivity contribution is 0.116. The largest absolute Gasteiger partial charge is 0.343 e. The number of nitrogens with zero attached hydrogens (tertiary/aromatic N) is 3. The van der Waals surface area contributed by atoms with Gasteiger partial charge in [-0.25, -0.2) is 0 Å². The molecule has 1 saturated heterocycles. The molecule has 0 saturated carbocycles. The van der Waals surface area contributed by atoms with E-state index in [1.807, 2.05) is 0 Å². The van der Waals surface area contributed by atoms with Crippen molar-refractivity contribution in [3.05, 3.63) is 48.1 Å². The molecule has 2 atom stereocenters. The third kappa shape index (κ3) is 2.89. The van der Waals surface area contributed by atoms with Gasteiger partial charge in [-0.15, -0.1) is 0 Å². The second-order valence-electron chi connectivity index (χ2n) is 5.22. The molecule has 0 amide bonds. The average Bonchev–Trinajstić information content (AvgIpc) is 3.01. The Bertz CT molecular complexity index is 514. The van der Waals surface area contributed by atoms with E-state index in [1.54, 1.807) is 0 Å². The first-order valence-corrected chi connectivity index (χ1v) is 7.14. The smallest absolute Gasteiger partial charge is 0.213 e. The van der Waals surface area contributed by atoms with Gasteiger partial charge >= 0.3 is 0 Å². The molecule has 20 heavy (non-hydrogen) atoms. The Kier molecular flexibility index (Phi) is 4.08. The molecule has 1 aromatic heterocycles. The molecule has 1 aromatic carbocycles. The molecular formula is C15H20N4O. The van der Waals surface area contributed by atoms with Crippen molar-refractivity contribution in [2.24, 2.45) is 0 Å². The van der Waals surface area contributed by atoms with Crippen LogP contribution in [0.2, 0.25) is 0 Å². The van der Waals surface area contributed by atoms with Crippen LogP contribution in [0.1, 0.15) is 30.8 Å². The number of nitrogens with one attached hydrogen (secondary N) is 1.